The zero-order valence-electron chi connectivity index (χ0n) is 19.3. The molecule has 5 aromatic rings. The summed E-state index contributed by atoms with van der Waals surface area (Å²) in [7, 11) is 0. The molecule has 1 heteroatoms. The van der Waals surface area contributed by atoms with Crippen molar-refractivity contribution in [3.05, 3.63) is 94.5 Å². The van der Waals surface area contributed by atoms with Crippen molar-refractivity contribution in [2.45, 2.75) is 45.4 Å². The molecule has 156 valence electrons. The number of furan rings is 1. The average Bonchev–Trinajstić information content (AvgIpc) is 3.34. The minimum atomic E-state index is -0.0900. The fourth-order valence-corrected chi connectivity index (χ4v) is 6.64. The molecule has 0 fully saturated rings. The molecule has 0 saturated carbocycles. The largest absolute Gasteiger partial charge is 0.455 e. The van der Waals surface area contributed by atoms with E-state index in [9.17, 15) is 0 Å². The lowest BCUT2D eigenvalue weighted by atomic mass is 9.72. The maximum Gasteiger partial charge on any atom is 0.144 e. The summed E-state index contributed by atoms with van der Waals surface area (Å²) in [6.45, 7) is 11.8. The Hall–Kier alpha value is -3.32. The molecule has 0 radical (unpaired) electrons. The third-order valence-corrected chi connectivity index (χ3v) is 8.06. The highest BCUT2D eigenvalue weighted by Gasteiger charge is 2.48. The van der Waals surface area contributed by atoms with Gasteiger partial charge >= 0.3 is 0 Å². The van der Waals surface area contributed by atoms with E-state index in [-0.39, 0.29) is 10.8 Å². The van der Waals surface area contributed by atoms with Gasteiger partial charge in [-0.2, -0.15) is 0 Å². The summed E-state index contributed by atoms with van der Waals surface area (Å²) in [6.07, 6.45) is 0. The Balaban J connectivity index is 1.81. The van der Waals surface area contributed by atoms with Gasteiger partial charge in [0.25, 0.3) is 0 Å². The van der Waals surface area contributed by atoms with Gasteiger partial charge in [-0.1, -0.05) is 93.9 Å². The Morgan fingerprint density at radius 2 is 1.31 bits per heavy atom. The van der Waals surface area contributed by atoms with Gasteiger partial charge in [-0.05, 0) is 51.9 Å². The predicted octanol–water partition coefficient (Wildman–Crippen LogP) is 8.51. The van der Waals surface area contributed by atoms with Crippen LogP contribution in [0.25, 0.3) is 44.2 Å². The number of hydrogen-bond donors (Lipinski definition) is 0. The van der Waals surface area contributed by atoms with E-state index >= 15 is 0 Å². The van der Waals surface area contributed by atoms with Crippen LogP contribution in [0.2, 0.25) is 0 Å². The Morgan fingerprint density at radius 3 is 2.16 bits per heavy atom. The van der Waals surface area contributed by atoms with Crippen LogP contribution in [0.15, 0.2) is 71.1 Å². The summed E-state index contributed by atoms with van der Waals surface area (Å²) in [6, 6.07) is 24.4. The van der Waals surface area contributed by atoms with Gasteiger partial charge < -0.3 is 4.42 Å². The van der Waals surface area contributed by atoms with Crippen LogP contribution < -0.4 is 0 Å². The zero-order valence-corrected chi connectivity index (χ0v) is 19.3. The number of aryl methyl sites for hydroxylation is 1. The molecule has 4 aromatic carbocycles. The third kappa shape index (κ3) is 1.92. The standard InChI is InChI=1S/C31H26O/c1-17-14-15-19-22(16-17)31(4,5)28-26(19)29-25(20-11-7-9-13-23(20)32-29)24-18-10-6-8-12-21(18)30(2,3)27(24)28/h6-16H,1-5H3. The van der Waals surface area contributed by atoms with E-state index in [1.807, 2.05) is 0 Å². The molecule has 7 rings (SSSR count). The summed E-state index contributed by atoms with van der Waals surface area (Å²) in [5, 5.41) is 2.49. The van der Waals surface area contributed by atoms with Crippen molar-refractivity contribution in [2.24, 2.45) is 0 Å². The lowest BCUT2D eigenvalue weighted by Gasteiger charge is -2.31. The van der Waals surface area contributed by atoms with Crippen molar-refractivity contribution in [3.8, 4) is 22.3 Å². The van der Waals surface area contributed by atoms with Gasteiger partial charge in [0.2, 0.25) is 0 Å². The van der Waals surface area contributed by atoms with Crippen molar-refractivity contribution in [3.63, 3.8) is 0 Å². The first kappa shape index (κ1) is 18.3. The lowest BCUT2D eigenvalue weighted by Crippen LogP contribution is -2.24. The van der Waals surface area contributed by atoms with E-state index in [1.165, 1.54) is 60.8 Å². The molecular formula is C31H26O. The number of fused-ring (bicyclic) bond motifs is 12. The molecule has 1 aromatic heterocycles. The van der Waals surface area contributed by atoms with E-state index in [0.29, 0.717) is 0 Å². The summed E-state index contributed by atoms with van der Waals surface area (Å²) in [4.78, 5) is 0. The van der Waals surface area contributed by atoms with Crippen LogP contribution in [0.3, 0.4) is 0 Å². The van der Waals surface area contributed by atoms with Crippen molar-refractivity contribution < 1.29 is 4.42 Å². The molecule has 2 aliphatic carbocycles. The maximum atomic E-state index is 6.68. The SMILES string of the molecule is Cc1ccc2c(c1)C(C)(C)c1c3c(c4c(oc5ccccc54)c1-2)-c1ccccc1C3(C)C. The molecule has 0 atom stereocenters. The first-order valence-corrected chi connectivity index (χ1v) is 11.6. The molecule has 0 amide bonds. The smallest absolute Gasteiger partial charge is 0.144 e. The summed E-state index contributed by atoms with van der Waals surface area (Å²) >= 11 is 0. The van der Waals surface area contributed by atoms with Gasteiger partial charge in [0, 0.05) is 27.2 Å². The maximum absolute atomic E-state index is 6.68. The topological polar surface area (TPSA) is 13.1 Å². The van der Waals surface area contributed by atoms with Gasteiger partial charge in [-0.25, -0.2) is 0 Å². The Kier molecular flexibility index (Phi) is 3.16. The molecule has 0 N–H and O–H groups in total. The van der Waals surface area contributed by atoms with Crippen LogP contribution >= 0.6 is 0 Å². The van der Waals surface area contributed by atoms with Crippen LogP contribution in [-0.4, -0.2) is 0 Å². The van der Waals surface area contributed by atoms with E-state index in [1.54, 1.807) is 0 Å². The van der Waals surface area contributed by atoms with Crippen LogP contribution in [0, 0.1) is 6.92 Å². The van der Waals surface area contributed by atoms with Crippen molar-refractivity contribution in [2.75, 3.05) is 0 Å². The van der Waals surface area contributed by atoms with E-state index < -0.39 is 0 Å². The van der Waals surface area contributed by atoms with Crippen LogP contribution in [-0.2, 0) is 10.8 Å². The number of rotatable bonds is 0. The second-order valence-electron chi connectivity index (χ2n) is 10.6. The second-order valence-corrected chi connectivity index (χ2v) is 10.6. The van der Waals surface area contributed by atoms with Gasteiger partial charge in [-0.15, -0.1) is 0 Å². The first-order chi connectivity index (χ1) is 15.3. The molecule has 2 aliphatic rings. The summed E-state index contributed by atoms with van der Waals surface area (Å²) in [5.41, 5.74) is 14.3. The Bertz CT molecular complexity index is 1620. The molecule has 32 heavy (non-hydrogen) atoms. The fraction of sp³-hybridized carbons (Fsp3) is 0.226. The van der Waals surface area contributed by atoms with Gasteiger partial charge in [0.1, 0.15) is 11.2 Å². The van der Waals surface area contributed by atoms with E-state index in [2.05, 4.69) is 101 Å². The first-order valence-electron chi connectivity index (χ1n) is 11.6. The fourth-order valence-electron chi connectivity index (χ4n) is 6.64. The van der Waals surface area contributed by atoms with Gasteiger partial charge in [-0.3, -0.25) is 0 Å². The van der Waals surface area contributed by atoms with Crippen molar-refractivity contribution in [1.29, 1.82) is 0 Å². The lowest BCUT2D eigenvalue weighted by molar-refractivity contribution is 0.600. The number of benzene rings is 4. The zero-order chi connectivity index (χ0) is 22.0. The Labute approximate surface area is 188 Å². The second kappa shape index (κ2) is 5.53. The monoisotopic (exact) mass is 414 g/mol. The normalized spacial score (nSPS) is 16.8. The minimum absolute atomic E-state index is 0.0725. The van der Waals surface area contributed by atoms with E-state index in [4.69, 9.17) is 4.42 Å². The highest BCUT2D eigenvalue weighted by molar-refractivity contribution is 6.20. The van der Waals surface area contributed by atoms with Gasteiger partial charge in [0.15, 0.2) is 0 Å². The predicted molar refractivity (Wildman–Crippen MR) is 134 cm³/mol. The highest BCUT2D eigenvalue weighted by Crippen LogP contribution is 2.62. The molecule has 0 spiro atoms. The molecular weight excluding hydrogens is 388 g/mol. The molecule has 1 heterocycles. The quantitative estimate of drug-likeness (QED) is 0.247. The van der Waals surface area contributed by atoms with Crippen LogP contribution in [0.4, 0.5) is 0 Å². The highest BCUT2D eigenvalue weighted by atomic mass is 16.3. The molecule has 0 unspecified atom stereocenters. The number of hydrogen-bond acceptors (Lipinski definition) is 1. The van der Waals surface area contributed by atoms with Crippen molar-refractivity contribution >= 4 is 21.9 Å². The molecule has 1 nitrogen and oxygen atoms in total. The minimum Gasteiger partial charge on any atom is -0.455 e. The summed E-state index contributed by atoms with van der Waals surface area (Å²) in [5.74, 6) is 0. The Morgan fingerprint density at radius 1 is 0.656 bits per heavy atom. The van der Waals surface area contributed by atoms with Crippen LogP contribution in [0.5, 0.6) is 0 Å². The molecule has 0 bridgehead atoms. The molecule has 0 aliphatic heterocycles. The van der Waals surface area contributed by atoms with Crippen LogP contribution in [0.1, 0.15) is 55.5 Å². The summed E-state index contributed by atoms with van der Waals surface area (Å²) < 4.78 is 6.68. The number of para-hydroxylation sites is 1. The van der Waals surface area contributed by atoms with Gasteiger partial charge in [0.05, 0.1) is 0 Å². The van der Waals surface area contributed by atoms with E-state index in [0.717, 1.165) is 11.2 Å². The molecule has 0 saturated heterocycles. The third-order valence-electron chi connectivity index (χ3n) is 8.06. The van der Waals surface area contributed by atoms with Crippen molar-refractivity contribution in [1.82, 2.24) is 0 Å². The average molecular weight is 415 g/mol.